The fourth-order valence-electron chi connectivity index (χ4n) is 3.83. The van der Waals surface area contributed by atoms with E-state index in [1.54, 1.807) is 6.20 Å². The summed E-state index contributed by atoms with van der Waals surface area (Å²) >= 11 is 0. The summed E-state index contributed by atoms with van der Waals surface area (Å²) < 4.78 is 2.13. The van der Waals surface area contributed by atoms with Crippen molar-refractivity contribution in [3.63, 3.8) is 0 Å². The number of aromatic nitrogens is 2. The topological polar surface area (TPSA) is 85.0 Å². The number of anilines is 1. The zero-order valence-electron chi connectivity index (χ0n) is 19.4. The van der Waals surface area contributed by atoms with Crippen LogP contribution < -0.4 is 16.4 Å². The highest BCUT2D eigenvalue weighted by Gasteiger charge is 2.10. The minimum Gasteiger partial charge on any atom is -0.399 e. The lowest BCUT2D eigenvalue weighted by Gasteiger charge is -2.08. The van der Waals surface area contributed by atoms with Gasteiger partial charge < -0.3 is 20.9 Å². The fraction of sp³-hybridized carbons (Fsp3) is 0.462. The van der Waals surface area contributed by atoms with Crippen molar-refractivity contribution in [1.29, 1.82) is 0 Å². The highest BCUT2D eigenvalue weighted by molar-refractivity contribution is 5.96. The van der Waals surface area contributed by atoms with Crippen molar-refractivity contribution in [2.24, 2.45) is 5.92 Å². The first kappa shape index (κ1) is 23.8. The summed E-state index contributed by atoms with van der Waals surface area (Å²) in [6.07, 6.45) is 10.1. The molecule has 0 unspecified atom stereocenters. The Bertz CT molecular complexity index is 958. The monoisotopic (exact) mass is 435 g/mol. The minimum absolute atomic E-state index is 0.0959. The second kappa shape index (κ2) is 12.2. The molecule has 4 rings (SSSR count). The first-order valence-electron chi connectivity index (χ1n) is 11.8. The number of hydrogen-bond donors (Lipinski definition) is 3. The molecule has 0 spiro atoms. The van der Waals surface area contributed by atoms with Crippen LogP contribution in [0.4, 0.5) is 5.69 Å². The van der Waals surface area contributed by atoms with Gasteiger partial charge in [0.05, 0.1) is 5.56 Å². The third-order valence-electron chi connectivity index (χ3n) is 5.56. The molecule has 1 saturated heterocycles. The summed E-state index contributed by atoms with van der Waals surface area (Å²) in [5, 5.41) is 7.29. The van der Waals surface area contributed by atoms with E-state index >= 15 is 0 Å². The number of benzene rings is 1. The third-order valence-corrected chi connectivity index (χ3v) is 5.56. The van der Waals surface area contributed by atoms with Gasteiger partial charge in [-0.05, 0) is 68.1 Å². The van der Waals surface area contributed by atoms with Gasteiger partial charge in [0.2, 0.25) is 0 Å². The fourth-order valence-corrected chi connectivity index (χ4v) is 3.83. The molecular formula is C26H37N5O. The van der Waals surface area contributed by atoms with Crippen molar-refractivity contribution in [3.8, 4) is 0 Å². The maximum absolute atomic E-state index is 12.3. The standard InChI is InChI=1S/C20H24N4O.C6H13N/c1-14(2)13-24-10-8-16-11-17(12-23-19(16)24)20(25)22-9-7-15-3-5-18(21)6-4-15;1-2-4-6-7-5-3-1/h3-6,8,10-12,14H,7,9,13,21H2,1-2H3,(H,22,25);7H,1-6H2. The van der Waals surface area contributed by atoms with Gasteiger partial charge in [-0.25, -0.2) is 4.98 Å². The van der Waals surface area contributed by atoms with Crippen molar-refractivity contribution < 1.29 is 4.79 Å². The van der Waals surface area contributed by atoms with E-state index in [0.717, 1.165) is 35.2 Å². The number of amides is 1. The molecule has 4 N–H and O–H groups in total. The minimum atomic E-state index is -0.0959. The number of carbonyl (C=O) groups excluding carboxylic acids is 1. The Kier molecular flexibility index (Phi) is 9.11. The van der Waals surface area contributed by atoms with Gasteiger partial charge in [0.25, 0.3) is 5.91 Å². The molecule has 3 aromatic rings. The van der Waals surface area contributed by atoms with E-state index in [-0.39, 0.29) is 5.91 Å². The Morgan fingerprint density at radius 3 is 2.53 bits per heavy atom. The molecule has 1 aliphatic rings. The van der Waals surface area contributed by atoms with Gasteiger partial charge in [-0.1, -0.05) is 38.8 Å². The van der Waals surface area contributed by atoms with E-state index in [0.29, 0.717) is 18.0 Å². The number of carbonyl (C=O) groups is 1. The molecule has 0 atom stereocenters. The SMILES string of the molecule is C1CCCNCC1.CC(C)Cn1ccc2cc(C(=O)NCCc3ccc(N)cc3)cnc21. The molecule has 3 heterocycles. The molecule has 0 radical (unpaired) electrons. The van der Waals surface area contributed by atoms with Crippen molar-refractivity contribution in [2.45, 2.75) is 52.5 Å². The van der Waals surface area contributed by atoms with Crippen molar-refractivity contribution in [3.05, 3.63) is 59.9 Å². The van der Waals surface area contributed by atoms with E-state index in [1.807, 2.05) is 42.6 Å². The normalized spacial score (nSPS) is 14.0. The molecule has 1 aliphatic heterocycles. The maximum Gasteiger partial charge on any atom is 0.252 e. The Labute approximate surface area is 191 Å². The highest BCUT2D eigenvalue weighted by atomic mass is 16.1. The Morgan fingerprint density at radius 2 is 1.84 bits per heavy atom. The lowest BCUT2D eigenvalue weighted by molar-refractivity contribution is 0.0954. The Hall–Kier alpha value is -2.86. The molecule has 2 aromatic heterocycles. The van der Waals surface area contributed by atoms with Crippen LogP contribution in [-0.2, 0) is 13.0 Å². The summed E-state index contributed by atoms with van der Waals surface area (Å²) in [5.74, 6) is 0.454. The number of pyridine rings is 1. The average Bonchev–Trinajstić information content (AvgIpc) is 2.97. The molecule has 1 fully saturated rings. The second-order valence-corrected chi connectivity index (χ2v) is 8.91. The predicted molar refractivity (Wildman–Crippen MR) is 133 cm³/mol. The van der Waals surface area contributed by atoms with Gasteiger partial charge in [0.15, 0.2) is 0 Å². The number of rotatable bonds is 6. The van der Waals surface area contributed by atoms with Gasteiger partial charge in [-0.3, -0.25) is 4.79 Å². The molecule has 0 saturated carbocycles. The number of nitrogen functional groups attached to an aromatic ring is 1. The van der Waals surface area contributed by atoms with Crippen LogP contribution in [0.5, 0.6) is 0 Å². The molecule has 6 nitrogen and oxygen atoms in total. The van der Waals surface area contributed by atoms with Crippen LogP contribution in [0.3, 0.4) is 0 Å². The predicted octanol–water partition coefficient (Wildman–Crippen LogP) is 4.40. The van der Waals surface area contributed by atoms with Crippen LogP contribution >= 0.6 is 0 Å². The summed E-state index contributed by atoms with van der Waals surface area (Å²) in [6.45, 7) is 8.35. The summed E-state index contributed by atoms with van der Waals surface area (Å²) in [7, 11) is 0. The van der Waals surface area contributed by atoms with Gasteiger partial charge in [-0.15, -0.1) is 0 Å². The number of nitrogens with two attached hydrogens (primary N) is 1. The van der Waals surface area contributed by atoms with E-state index in [9.17, 15) is 4.79 Å². The van der Waals surface area contributed by atoms with Crippen LogP contribution in [0.1, 0.15) is 55.5 Å². The van der Waals surface area contributed by atoms with Crippen LogP contribution in [-0.4, -0.2) is 35.1 Å². The zero-order valence-corrected chi connectivity index (χ0v) is 19.4. The molecule has 32 heavy (non-hydrogen) atoms. The van der Waals surface area contributed by atoms with E-state index in [4.69, 9.17) is 5.73 Å². The number of fused-ring (bicyclic) bond motifs is 1. The molecule has 172 valence electrons. The number of nitrogens with zero attached hydrogens (tertiary/aromatic N) is 2. The van der Waals surface area contributed by atoms with Crippen molar-refractivity contribution >= 4 is 22.6 Å². The van der Waals surface area contributed by atoms with Crippen LogP contribution in [0.15, 0.2) is 48.8 Å². The molecule has 1 aromatic carbocycles. The smallest absolute Gasteiger partial charge is 0.252 e. The van der Waals surface area contributed by atoms with Crippen LogP contribution in [0, 0.1) is 5.92 Å². The van der Waals surface area contributed by atoms with Gasteiger partial charge in [0, 0.05) is 36.6 Å². The van der Waals surface area contributed by atoms with Gasteiger partial charge >= 0.3 is 0 Å². The van der Waals surface area contributed by atoms with Crippen molar-refractivity contribution in [1.82, 2.24) is 20.2 Å². The van der Waals surface area contributed by atoms with E-state index < -0.39 is 0 Å². The van der Waals surface area contributed by atoms with Gasteiger partial charge in [-0.2, -0.15) is 0 Å². The highest BCUT2D eigenvalue weighted by Crippen LogP contribution is 2.16. The first-order chi connectivity index (χ1) is 15.5. The molecule has 1 amide bonds. The van der Waals surface area contributed by atoms with E-state index in [2.05, 4.69) is 34.0 Å². The number of nitrogens with one attached hydrogen (secondary N) is 2. The van der Waals surface area contributed by atoms with Gasteiger partial charge in [0.1, 0.15) is 5.65 Å². The molecular weight excluding hydrogens is 398 g/mol. The van der Waals surface area contributed by atoms with E-state index in [1.165, 1.54) is 38.8 Å². The largest absolute Gasteiger partial charge is 0.399 e. The van der Waals surface area contributed by atoms with Crippen molar-refractivity contribution in [2.75, 3.05) is 25.4 Å². The summed E-state index contributed by atoms with van der Waals surface area (Å²) in [4.78, 5) is 16.8. The summed E-state index contributed by atoms with van der Waals surface area (Å²) in [6, 6.07) is 11.6. The number of hydrogen-bond acceptors (Lipinski definition) is 4. The quantitative estimate of drug-likeness (QED) is 0.501. The molecule has 0 bridgehead atoms. The maximum atomic E-state index is 12.3. The lowest BCUT2D eigenvalue weighted by atomic mass is 10.1. The first-order valence-corrected chi connectivity index (χ1v) is 11.8. The third kappa shape index (κ3) is 7.38. The molecule has 0 aliphatic carbocycles. The lowest BCUT2D eigenvalue weighted by Crippen LogP contribution is -2.25. The summed E-state index contributed by atoms with van der Waals surface area (Å²) in [5.41, 5.74) is 9.08. The molecule has 6 heteroatoms. The average molecular weight is 436 g/mol. The second-order valence-electron chi connectivity index (χ2n) is 8.91. The van der Waals surface area contributed by atoms with Crippen LogP contribution in [0.25, 0.3) is 11.0 Å². The Morgan fingerprint density at radius 1 is 1.12 bits per heavy atom. The van der Waals surface area contributed by atoms with Crippen LogP contribution in [0.2, 0.25) is 0 Å². The Balaban J connectivity index is 0.000000352. The zero-order chi connectivity index (χ0) is 22.8.